The summed E-state index contributed by atoms with van der Waals surface area (Å²) < 4.78 is 5.27. The topological polar surface area (TPSA) is 44.7 Å². The quantitative estimate of drug-likeness (QED) is 0.866. The molecule has 0 bridgehead atoms. The highest BCUT2D eigenvalue weighted by Gasteiger charge is 2.15. The number of hydrogen-bond donors (Lipinski definition) is 2. The van der Waals surface area contributed by atoms with Crippen molar-refractivity contribution in [2.45, 2.75) is 6.10 Å². The van der Waals surface area contributed by atoms with Gasteiger partial charge in [-0.25, -0.2) is 0 Å². The molecule has 1 aromatic carbocycles. The summed E-state index contributed by atoms with van der Waals surface area (Å²) in [6.07, 6.45) is -0.504. The smallest absolute Gasteiger partial charge is 0.0839 e. The second-order valence-electron chi connectivity index (χ2n) is 4.69. The van der Waals surface area contributed by atoms with Crippen molar-refractivity contribution in [3.05, 3.63) is 27.2 Å². The van der Waals surface area contributed by atoms with Crippen LogP contribution >= 0.6 is 34.8 Å². The van der Waals surface area contributed by atoms with E-state index in [9.17, 15) is 5.11 Å². The van der Waals surface area contributed by atoms with Gasteiger partial charge in [0.05, 0.1) is 35.1 Å². The summed E-state index contributed by atoms with van der Waals surface area (Å²) in [7, 11) is 0. The lowest BCUT2D eigenvalue weighted by Crippen LogP contribution is -2.42. The molecule has 20 heavy (non-hydrogen) atoms. The number of benzene rings is 1. The lowest BCUT2D eigenvalue weighted by atomic mass is 10.2. The lowest BCUT2D eigenvalue weighted by molar-refractivity contribution is 0.0171. The van der Waals surface area contributed by atoms with E-state index in [1.165, 1.54) is 0 Å². The van der Waals surface area contributed by atoms with Gasteiger partial charge in [0.1, 0.15) is 0 Å². The van der Waals surface area contributed by atoms with E-state index < -0.39 is 6.10 Å². The van der Waals surface area contributed by atoms with E-state index >= 15 is 0 Å². The van der Waals surface area contributed by atoms with Gasteiger partial charge in [-0.2, -0.15) is 0 Å². The molecule has 0 spiro atoms. The van der Waals surface area contributed by atoms with E-state index in [4.69, 9.17) is 39.5 Å². The van der Waals surface area contributed by atoms with Crippen molar-refractivity contribution in [3.63, 3.8) is 0 Å². The van der Waals surface area contributed by atoms with Crippen LogP contribution in [-0.4, -0.2) is 55.5 Å². The average molecular weight is 340 g/mol. The van der Waals surface area contributed by atoms with Crippen molar-refractivity contribution in [2.24, 2.45) is 0 Å². The molecule has 2 N–H and O–H groups in total. The third-order valence-electron chi connectivity index (χ3n) is 3.09. The van der Waals surface area contributed by atoms with Crippen molar-refractivity contribution < 1.29 is 9.84 Å². The van der Waals surface area contributed by atoms with E-state index in [0.29, 0.717) is 33.8 Å². The zero-order valence-electron chi connectivity index (χ0n) is 10.9. The first-order valence-electron chi connectivity index (χ1n) is 6.43. The normalized spacial score (nSPS) is 18.0. The third-order valence-corrected chi connectivity index (χ3v) is 3.91. The van der Waals surface area contributed by atoms with Crippen LogP contribution in [0.4, 0.5) is 5.69 Å². The molecule has 1 aliphatic rings. The molecule has 4 nitrogen and oxygen atoms in total. The maximum Gasteiger partial charge on any atom is 0.0839 e. The molecule has 112 valence electrons. The predicted octanol–water partition coefficient (Wildman–Crippen LogP) is 2.75. The summed E-state index contributed by atoms with van der Waals surface area (Å²) in [6.45, 7) is 4.10. The first kappa shape index (κ1) is 16.1. The van der Waals surface area contributed by atoms with E-state index in [-0.39, 0.29) is 0 Å². The fraction of sp³-hybridized carbons (Fsp3) is 0.538. The molecular weight excluding hydrogens is 323 g/mol. The molecule has 1 saturated heterocycles. The molecule has 1 atom stereocenters. The van der Waals surface area contributed by atoms with Gasteiger partial charge in [0.25, 0.3) is 0 Å². The average Bonchev–Trinajstić information content (AvgIpc) is 2.38. The first-order valence-corrected chi connectivity index (χ1v) is 7.56. The Balaban J connectivity index is 1.85. The van der Waals surface area contributed by atoms with Gasteiger partial charge in [-0.05, 0) is 12.1 Å². The van der Waals surface area contributed by atoms with Crippen LogP contribution in [0.5, 0.6) is 0 Å². The van der Waals surface area contributed by atoms with E-state index in [1.54, 1.807) is 12.1 Å². The first-order chi connectivity index (χ1) is 9.56. The van der Waals surface area contributed by atoms with Crippen molar-refractivity contribution in [1.82, 2.24) is 4.90 Å². The van der Waals surface area contributed by atoms with Crippen LogP contribution in [0.3, 0.4) is 0 Å². The number of hydrogen-bond acceptors (Lipinski definition) is 4. The van der Waals surface area contributed by atoms with Crippen molar-refractivity contribution in [1.29, 1.82) is 0 Å². The van der Waals surface area contributed by atoms with Gasteiger partial charge < -0.3 is 15.2 Å². The molecule has 7 heteroatoms. The van der Waals surface area contributed by atoms with Crippen molar-refractivity contribution in [2.75, 3.05) is 44.7 Å². The lowest BCUT2D eigenvalue weighted by Gasteiger charge is -2.28. The van der Waals surface area contributed by atoms with Crippen LogP contribution in [-0.2, 0) is 4.74 Å². The number of aliphatic hydroxyl groups excluding tert-OH is 1. The number of ether oxygens (including phenoxy) is 1. The van der Waals surface area contributed by atoms with Gasteiger partial charge in [-0.1, -0.05) is 34.8 Å². The SMILES string of the molecule is OC(CNc1c(Cl)cc(Cl)cc1Cl)CN1CCOCC1. The van der Waals surface area contributed by atoms with E-state index in [2.05, 4.69) is 10.2 Å². The molecule has 1 fully saturated rings. The second-order valence-corrected chi connectivity index (χ2v) is 5.94. The van der Waals surface area contributed by atoms with Crippen LogP contribution in [0.25, 0.3) is 0 Å². The van der Waals surface area contributed by atoms with Crippen molar-refractivity contribution >= 4 is 40.5 Å². The highest BCUT2D eigenvalue weighted by Crippen LogP contribution is 2.33. The fourth-order valence-electron chi connectivity index (χ4n) is 2.08. The van der Waals surface area contributed by atoms with Gasteiger partial charge in [-0.3, -0.25) is 4.90 Å². The number of rotatable bonds is 5. The number of anilines is 1. The summed E-state index contributed by atoms with van der Waals surface area (Å²) in [5.74, 6) is 0. The number of halogens is 3. The zero-order chi connectivity index (χ0) is 14.5. The summed E-state index contributed by atoms with van der Waals surface area (Å²) >= 11 is 18.0. The Morgan fingerprint density at radius 2 is 1.80 bits per heavy atom. The monoisotopic (exact) mass is 338 g/mol. The number of aliphatic hydroxyl groups is 1. The Labute approximate surface area is 133 Å². The van der Waals surface area contributed by atoms with Crippen LogP contribution in [0.15, 0.2) is 12.1 Å². The minimum absolute atomic E-state index is 0.373. The van der Waals surface area contributed by atoms with Gasteiger partial charge in [0.2, 0.25) is 0 Å². The molecule has 1 unspecified atom stereocenters. The predicted molar refractivity (Wildman–Crippen MR) is 83.2 cm³/mol. The third kappa shape index (κ3) is 4.65. The van der Waals surface area contributed by atoms with Gasteiger partial charge >= 0.3 is 0 Å². The highest BCUT2D eigenvalue weighted by molar-refractivity contribution is 6.41. The molecule has 0 saturated carbocycles. The molecular formula is C13H17Cl3N2O2. The number of morpholine rings is 1. The molecule has 0 aliphatic carbocycles. The Morgan fingerprint density at radius 3 is 2.40 bits per heavy atom. The van der Waals surface area contributed by atoms with Gasteiger partial charge in [0.15, 0.2) is 0 Å². The Bertz CT molecular complexity index is 430. The van der Waals surface area contributed by atoms with Crippen LogP contribution in [0.1, 0.15) is 0 Å². The Kier molecular flexibility index (Phi) is 6.20. The molecule has 0 radical (unpaired) electrons. The maximum atomic E-state index is 10.0. The summed E-state index contributed by atoms with van der Waals surface area (Å²) in [5.41, 5.74) is 0.596. The molecule has 1 aliphatic heterocycles. The summed E-state index contributed by atoms with van der Waals surface area (Å²) in [4.78, 5) is 2.17. The largest absolute Gasteiger partial charge is 0.390 e. The van der Waals surface area contributed by atoms with Crippen LogP contribution in [0, 0.1) is 0 Å². The molecule has 1 heterocycles. The molecule has 1 aromatic rings. The minimum Gasteiger partial charge on any atom is -0.390 e. The van der Waals surface area contributed by atoms with Crippen LogP contribution < -0.4 is 5.32 Å². The fourth-order valence-corrected chi connectivity index (χ4v) is 3.03. The molecule has 2 rings (SSSR count). The number of nitrogens with one attached hydrogen (secondary N) is 1. The van der Waals surface area contributed by atoms with Gasteiger partial charge in [0, 0.05) is 31.2 Å². The Hall–Kier alpha value is -0.230. The molecule has 0 amide bonds. The van der Waals surface area contributed by atoms with E-state index in [0.717, 1.165) is 26.3 Å². The van der Waals surface area contributed by atoms with Crippen molar-refractivity contribution in [3.8, 4) is 0 Å². The summed E-state index contributed by atoms with van der Waals surface area (Å²) in [6, 6.07) is 3.23. The number of β-amino-alcohol motifs (C(OH)–C–C–N with tert-alkyl or cyclic N) is 1. The maximum absolute atomic E-state index is 10.0. The minimum atomic E-state index is -0.504. The zero-order valence-corrected chi connectivity index (χ0v) is 13.2. The highest BCUT2D eigenvalue weighted by atomic mass is 35.5. The molecule has 0 aromatic heterocycles. The van der Waals surface area contributed by atoms with Crippen LogP contribution in [0.2, 0.25) is 15.1 Å². The standard InChI is InChI=1S/C13H17Cl3N2O2/c14-9-5-11(15)13(12(16)6-9)17-7-10(19)8-18-1-3-20-4-2-18/h5-6,10,17,19H,1-4,7-8H2. The van der Waals surface area contributed by atoms with E-state index in [1.807, 2.05) is 0 Å². The number of nitrogens with zero attached hydrogens (tertiary/aromatic N) is 1. The Morgan fingerprint density at radius 1 is 1.20 bits per heavy atom. The summed E-state index contributed by atoms with van der Waals surface area (Å²) in [5, 5.41) is 14.5. The van der Waals surface area contributed by atoms with Gasteiger partial charge in [-0.15, -0.1) is 0 Å². The second kappa shape index (κ2) is 7.69.